The Bertz CT molecular complexity index is 470. The van der Waals surface area contributed by atoms with Gasteiger partial charge >= 0.3 is 12.0 Å². The molecule has 5 nitrogen and oxygen atoms in total. The third-order valence-corrected chi connectivity index (χ3v) is 2.78. The van der Waals surface area contributed by atoms with Gasteiger partial charge in [-0.3, -0.25) is 4.79 Å². The van der Waals surface area contributed by atoms with Crippen molar-refractivity contribution in [1.29, 1.82) is 0 Å². The molecule has 18 heavy (non-hydrogen) atoms. The highest BCUT2D eigenvalue weighted by atomic mass is 35.5. The molecule has 1 atom stereocenters. The van der Waals surface area contributed by atoms with Crippen LogP contribution in [-0.4, -0.2) is 23.1 Å². The van der Waals surface area contributed by atoms with Crippen molar-refractivity contribution in [3.63, 3.8) is 0 Å². The van der Waals surface area contributed by atoms with E-state index in [9.17, 15) is 9.59 Å². The van der Waals surface area contributed by atoms with Crippen LogP contribution in [0.2, 0.25) is 15.1 Å². The Morgan fingerprint density at radius 1 is 1.22 bits per heavy atom. The maximum absolute atomic E-state index is 11.5. The molecule has 1 aromatic carbocycles. The first kappa shape index (κ1) is 14.9. The van der Waals surface area contributed by atoms with E-state index in [-0.39, 0.29) is 15.7 Å². The number of carbonyl (C=O) groups excluding carboxylic acids is 1. The fourth-order valence-corrected chi connectivity index (χ4v) is 1.98. The maximum Gasteiger partial charge on any atom is 0.325 e. The largest absolute Gasteiger partial charge is 0.480 e. The van der Waals surface area contributed by atoms with Crippen molar-refractivity contribution >= 4 is 52.5 Å². The normalized spacial score (nSPS) is 11.8. The molecule has 8 heteroatoms. The first-order chi connectivity index (χ1) is 8.31. The van der Waals surface area contributed by atoms with Crippen LogP contribution in [0.25, 0.3) is 0 Å². The Labute approximate surface area is 118 Å². The molecule has 1 unspecified atom stereocenters. The minimum atomic E-state index is -1.15. The minimum absolute atomic E-state index is 0.158. The topological polar surface area (TPSA) is 78.4 Å². The van der Waals surface area contributed by atoms with Crippen molar-refractivity contribution in [2.75, 3.05) is 5.32 Å². The third-order valence-electron chi connectivity index (χ3n) is 1.96. The van der Waals surface area contributed by atoms with Crippen molar-refractivity contribution in [1.82, 2.24) is 5.32 Å². The van der Waals surface area contributed by atoms with Crippen LogP contribution in [0.4, 0.5) is 10.5 Å². The number of aliphatic carboxylic acids is 1. The highest BCUT2D eigenvalue weighted by Crippen LogP contribution is 2.33. The second kappa shape index (κ2) is 6.13. The molecule has 0 aliphatic carbocycles. The lowest BCUT2D eigenvalue weighted by molar-refractivity contribution is -0.138. The standard InChI is InChI=1S/C10H9Cl3N2O3/c1-4(9(16)17)14-10(18)15-8-6(12)2-5(11)3-7(8)13/h2-4H,1H3,(H,16,17)(H2,14,15,18). The molecule has 0 bridgehead atoms. The molecule has 0 saturated heterocycles. The number of amides is 2. The van der Waals surface area contributed by atoms with E-state index in [4.69, 9.17) is 39.9 Å². The summed E-state index contributed by atoms with van der Waals surface area (Å²) in [6.45, 7) is 1.33. The summed E-state index contributed by atoms with van der Waals surface area (Å²) in [7, 11) is 0. The Kier molecular flexibility index (Phi) is 5.07. The lowest BCUT2D eigenvalue weighted by Gasteiger charge is -2.13. The zero-order valence-electron chi connectivity index (χ0n) is 9.13. The van der Waals surface area contributed by atoms with Crippen LogP contribution in [-0.2, 0) is 4.79 Å². The Balaban J connectivity index is 2.80. The van der Waals surface area contributed by atoms with Gasteiger partial charge in [-0.05, 0) is 19.1 Å². The Morgan fingerprint density at radius 2 is 1.72 bits per heavy atom. The van der Waals surface area contributed by atoms with Crippen LogP contribution in [0.1, 0.15) is 6.92 Å². The second-order valence-corrected chi connectivity index (χ2v) is 4.65. The second-order valence-electron chi connectivity index (χ2n) is 3.40. The summed E-state index contributed by atoms with van der Waals surface area (Å²) >= 11 is 17.4. The zero-order chi connectivity index (χ0) is 13.9. The summed E-state index contributed by atoms with van der Waals surface area (Å²) in [5.41, 5.74) is 0.165. The van der Waals surface area contributed by atoms with E-state index in [2.05, 4.69) is 10.6 Å². The SMILES string of the molecule is CC(NC(=O)Nc1c(Cl)cc(Cl)cc1Cl)C(=O)O. The number of carboxylic acids is 1. The van der Waals surface area contributed by atoms with E-state index in [0.717, 1.165) is 0 Å². The molecular weight excluding hydrogens is 302 g/mol. The monoisotopic (exact) mass is 310 g/mol. The summed E-state index contributed by atoms with van der Waals surface area (Å²) in [5, 5.41) is 13.8. The summed E-state index contributed by atoms with van der Waals surface area (Å²) in [6, 6.07) is 1.06. The fourth-order valence-electron chi connectivity index (χ4n) is 1.07. The lowest BCUT2D eigenvalue weighted by atomic mass is 10.3. The lowest BCUT2D eigenvalue weighted by Crippen LogP contribution is -2.40. The van der Waals surface area contributed by atoms with Crippen LogP contribution in [0.5, 0.6) is 0 Å². The average Bonchev–Trinajstić information content (AvgIpc) is 2.23. The molecule has 0 saturated carbocycles. The number of hydrogen-bond donors (Lipinski definition) is 3. The molecule has 0 aliphatic rings. The van der Waals surface area contributed by atoms with Gasteiger partial charge in [0.05, 0.1) is 15.7 Å². The van der Waals surface area contributed by atoms with E-state index < -0.39 is 18.0 Å². The number of rotatable bonds is 3. The van der Waals surface area contributed by atoms with E-state index in [1.165, 1.54) is 19.1 Å². The summed E-state index contributed by atoms with van der Waals surface area (Å²) < 4.78 is 0. The first-order valence-corrected chi connectivity index (χ1v) is 5.89. The minimum Gasteiger partial charge on any atom is -0.480 e. The van der Waals surface area contributed by atoms with E-state index >= 15 is 0 Å². The number of urea groups is 1. The van der Waals surface area contributed by atoms with Gasteiger partial charge in [-0.1, -0.05) is 34.8 Å². The third kappa shape index (κ3) is 3.94. The van der Waals surface area contributed by atoms with Crippen LogP contribution in [0.3, 0.4) is 0 Å². The summed E-state index contributed by atoms with van der Waals surface area (Å²) in [4.78, 5) is 22.0. The predicted octanol–water partition coefficient (Wildman–Crippen LogP) is 3.24. The summed E-state index contributed by atoms with van der Waals surface area (Å²) in [6.07, 6.45) is 0. The van der Waals surface area contributed by atoms with Crippen LogP contribution in [0.15, 0.2) is 12.1 Å². The number of hydrogen-bond acceptors (Lipinski definition) is 2. The van der Waals surface area contributed by atoms with Crippen molar-refractivity contribution in [3.05, 3.63) is 27.2 Å². The quantitative estimate of drug-likeness (QED) is 0.802. The van der Waals surface area contributed by atoms with E-state index in [1.807, 2.05) is 0 Å². The van der Waals surface area contributed by atoms with Gasteiger partial charge in [-0.25, -0.2) is 4.79 Å². The molecule has 3 N–H and O–H groups in total. The van der Waals surface area contributed by atoms with Gasteiger partial charge < -0.3 is 15.7 Å². The molecule has 1 aromatic rings. The highest BCUT2D eigenvalue weighted by molar-refractivity contribution is 6.42. The van der Waals surface area contributed by atoms with Crippen molar-refractivity contribution in [3.8, 4) is 0 Å². The number of nitrogens with one attached hydrogen (secondary N) is 2. The molecule has 98 valence electrons. The van der Waals surface area contributed by atoms with Gasteiger partial charge in [-0.2, -0.15) is 0 Å². The molecule has 0 radical (unpaired) electrons. The van der Waals surface area contributed by atoms with Gasteiger partial charge in [0.15, 0.2) is 0 Å². The molecule has 0 fully saturated rings. The number of carboxylic acid groups (broad SMARTS) is 1. The average molecular weight is 312 g/mol. The number of anilines is 1. The van der Waals surface area contributed by atoms with Crippen molar-refractivity contribution < 1.29 is 14.7 Å². The van der Waals surface area contributed by atoms with E-state index in [1.54, 1.807) is 0 Å². The van der Waals surface area contributed by atoms with Gasteiger partial charge in [0, 0.05) is 5.02 Å². The van der Waals surface area contributed by atoms with Crippen LogP contribution >= 0.6 is 34.8 Å². The molecule has 0 aliphatic heterocycles. The van der Waals surface area contributed by atoms with Crippen LogP contribution < -0.4 is 10.6 Å². The van der Waals surface area contributed by atoms with Gasteiger partial charge in [0.25, 0.3) is 0 Å². The molecule has 0 aromatic heterocycles. The Hall–Kier alpha value is -1.17. The number of benzene rings is 1. The maximum atomic E-state index is 11.5. The van der Waals surface area contributed by atoms with Crippen LogP contribution in [0, 0.1) is 0 Å². The fraction of sp³-hybridized carbons (Fsp3) is 0.200. The van der Waals surface area contributed by atoms with Gasteiger partial charge in [-0.15, -0.1) is 0 Å². The molecule has 2 amide bonds. The number of carbonyl (C=O) groups is 2. The van der Waals surface area contributed by atoms with E-state index in [0.29, 0.717) is 5.02 Å². The number of halogens is 3. The van der Waals surface area contributed by atoms with Gasteiger partial charge in [0.1, 0.15) is 6.04 Å². The van der Waals surface area contributed by atoms with Gasteiger partial charge in [0.2, 0.25) is 0 Å². The molecule has 0 spiro atoms. The first-order valence-electron chi connectivity index (χ1n) is 4.76. The predicted molar refractivity (Wildman–Crippen MR) is 70.7 cm³/mol. The van der Waals surface area contributed by atoms with Crippen molar-refractivity contribution in [2.24, 2.45) is 0 Å². The smallest absolute Gasteiger partial charge is 0.325 e. The van der Waals surface area contributed by atoms with Crippen molar-refractivity contribution in [2.45, 2.75) is 13.0 Å². The molecule has 1 rings (SSSR count). The highest BCUT2D eigenvalue weighted by Gasteiger charge is 2.16. The molecular formula is C10H9Cl3N2O3. The zero-order valence-corrected chi connectivity index (χ0v) is 11.4. The Morgan fingerprint density at radius 3 is 2.17 bits per heavy atom. The molecule has 0 heterocycles. The summed E-state index contributed by atoms with van der Waals surface area (Å²) in [5.74, 6) is -1.15.